The number of anilines is 1. The third kappa shape index (κ3) is 2.47. The van der Waals surface area contributed by atoms with E-state index in [1.165, 1.54) is 12.1 Å². The first kappa shape index (κ1) is 19.5. The van der Waals surface area contributed by atoms with Crippen molar-refractivity contribution in [3.05, 3.63) is 34.4 Å². The molecule has 3 fully saturated rings. The number of hydrogen-bond acceptors (Lipinski definition) is 6. The fourth-order valence-corrected chi connectivity index (χ4v) is 5.41. The maximum Gasteiger partial charge on any atom is 0.269 e. The van der Waals surface area contributed by atoms with Crippen LogP contribution in [-0.4, -0.2) is 40.3 Å². The van der Waals surface area contributed by atoms with Crippen molar-refractivity contribution in [3.63, 3.8) is 0 Å². The summed E-state index contributed by atoms with van der Waals surface area (Å²) in [6.07, 6.45) is 3.25. The molecule has 1 aromatic rings. The molecule has 1 heterocycles. The number of benzene rings is 1. The Kier molecular flexibility index (Phi) is 4.29. The third-order valence-electron chi connectivity index (χ3n) is 7.71. The normalized spacial score (nSPS) is 31.5. The van der Waals surface area contributed by atoms with Gasteiger partial charge in [0.05, 0.1) is 10.6 Å². The molecule has 2 saturated carbocycles. The number of nitrogens with zero attached hydrogens (tertiary/aromatic N) is 3. The molecule has 154 valence electrons. The maximum absolute atomic E-state index is 13.6. The van der Waals surface area contributed by atoms with Gasteiger partial charge in [0.15, 0.2) is 5.78 Å². The Balaban J connectivity index is 1.67. The van der Waals surface area contributed by atoms with E-state index >= 15 is 0 Å². The number of rotatable bonds is 4. The second-order valence-electron chi connectivity index (χ2n) is 9.07. The van der Waals surface area contributed by atoms with E-state index < -0.39 is 21.2 Å². The van der Waals surface area contributed by atoms with Gasteiger partial charge in [-0.2, -0.15) is 5.10 Å². The van der Waals surface area contributed by atoms with Crippen LogP contribution in [0.5, 0.6) is 0 Å². The minimum Gasteiger partial charge on any atom is -0.342 e. The monoisotopic (exact) mass is 398 g/mol. The molecule has 8 nitrogen and oxygen atoms in total. The molecule has 2 unspecified atom stereocenters. The Morgan fingerprint density at radius 2 is 1.76 bits per heavy atom. The summed E-state index contributed by atoms with van der Waals surface area (Å²) in [7, 11) is 0. The van der Waals surface area contributed by atoms with Crippen molar-refractivity contribution in [1.82, 2.24) is 4.90 Å². The highest BCUT2D eigenvalue weighted by Crippen LogP contribution is 2.69. The minimum absolute atomic E-state index is 0.0116. The van der Waals surface area contributed by atoms with E-state index in [1.54, 1.807) is 12.1 Å². The van der Waals surface area contributed by atoms with Crippen LogP contribution in [0.4, 0.5) is 11.4 Å². The van der Waals surface area contributed by atoms with Crippen molar-refractivity contribution in [1.29, 1.82) is 0 Å². The standard InChI is InChI=1S/C21H26N4O4/c1-19(2)20(3)10-11-21(19,18(27)24-12-4-5-13-24)17(26)16(20)23-22-14-6-8-15(9-7-14)25(28)29/h6-9,22H,4-5,10-13H2,1-3H3/b23-16+. The molecule has 1 N–H and O–H groups in total. The van der Waals surface area contributed by atoms with Gasteiger partial charge in [0.1, 0.15) is 11.1 Å². The van der Waals surface area contributed by atoms with Crippen LogP contribution in [0.25, 0.3) is 0 Å². The molecule has 1 aliphatic heterocycles. The summed E-state index contributed by atoms with van der Waals surface area (Å²) in [6, 6.07) is 5.88. The summed E-state index contributed by atoms with van der Waals surface area (Å²) in [5.41, 5.74) is 1.73. The van der Waals surface area contributed by atoms with E-state index in [1.807, 2.05) is 25.7 Å². The number of hydrazone groups is 1. The second-order valence-corrected chi connectivity index (χ2v) is 9.07. The van der Waals surface area contributed by atoms with Crippen LogP contribution in [0.2, 0.25) is 0 Å². The summed E-state index contributed by atoms with van der Waals surface area (Å²) < 4.78 is 0. The van der Waals surface area contributed by atoms with Crippen molar-refractivity contribution < 1.29 is 14.5 Å². The van der Waals surface area contributed by atoms with Gasteiger partial charge in [-0.25, -0.2) is 0 Å². The molecule has 3 aliphatic rings. The smallest absolute Gasteiger partial charge is 0.269 e. The fourth-order valence-electron chi connectivity index (χ4n) is 5.41. The Morgan fingerprint density at radius 1 is 1.14 bits per heavy atom. The lowest BCUT2D eigenvalue weighted by Crippen LogP contribution is -2.51. The number of carbonyl (C=O) groups is 2. The Morgan fingerprint density at radius 3 is 2.34 bits per heavy atom. The van der Waals surface area contributed by atoms with Crippen molar-refractivity contribution in [2.24, 2.45) is 21.3 Å². The van der Waals surface area contributed by atoms with Crippen LogP contribution in [0.15, 0.2) is 29.4 Å². The molecule has 2 aliphatic carbocycles. The molecule has 29 heavy (non-hydrogen) atoms. The number of non-ortho nitro benzene ring substituents is 1. The van der Waals surface area contributed by atoms with Crippen molar-refractivity contribution in [3.8, 4) is 0 Å². The molecule has 1 saturated heterocycles. The van der Waals surface area contributed by atoms with Gasteiger partial charge >= 0.3 is 0 Å². The first-order valence-corrected chi connectivity index (χ1v) is 10.1. The molecular weight excluding hydrogens is 372 g/mol. The molecular formula is C21H26N4O4. The predicted molar refractivity (Wildman–Crippen MR) is 109 cm³/mol. The minimum atomic E-state index is -1.05. The zero-order chi connectivity index (χ0) is 21.0. The predicted octanol–water partition coefficient (Wildman–Crippen LogP) is 3.38. The van der Waals surface area contributed by atoms with Crippen LogP contribution in [0.1, 0.15) is 46.5 Å². The van der Waals surface area contributed by atoms with Gasteiger partial charge in [0.2, 0.25) is 5.91 Å². The van der Waals surface area contributed by atoms with Gasteiger partial charge in [-0.3, -0.25) is 25.1 Å². The number of Topliss-reactive ketones (excluding diaryl/α,β-unsaturated/α-hetero) is 1. The van der Waals surface area contributed by atoms with E-state index in [4.69, 9.17) is 0 Å². The van der Waals surface area contributed by atoms with Gasteiger partial charge in [0.25, 0.3) is 5.69 Å². The Labute approximate surface area is 169 Å². The topological polar surface area (TPSA) is 105 Å². The summed E-state index contributed by atoms with van der Waals surface area (Å²) >= 11 is 0. The number of hydrogen-bond donors (Lipinski definition) is 1. The average Bonchev–Trinajstić information content (AvgIpc) is 3.31. The molecule has 0 aromatic heterocycles. The first-order chi connectivity index (χ1) is 13.6. The number of nitro groups is 1. The largest absolute Gasteiger partial charge is 0.342 e. The van der Waals surface area contributed by atoms with E-state index in [0.717, 1.165) is 19.3 Å². The summed E-state index contributed by atoms with van der Waals surface area (Å²) in [5.74, 6) is -0.225. The third-order valence-corrected chi connectivity index (χ3v) is 7.71. The highest BCUT2D eigenvalue weighted by Gasteiger charge is 2.77. The average molecular weight is 398 g/mol. The van der Waals surface area contributed by atoms with E-state index in [9.17, 15) is 19.7 Å². The molecule has 8 heteroatoms. The van der Waals surface area contributed by atoms with Crippen molar-refractivity contribution in [2.45, 2.75) is 46.5 Å². The molecule has 0 radical (unpaired) electrons. The van der Waals surface area contributed by atoms with Crippen LogP contribution < -0.4 is 5.43 Å². The van der Waals surface area contributed by atoms with E-state index in [-0.39, 0.29) is 17.4 Å². The van der Waals surface area contributed by atoms with Crippen LogP contribution in [0.3, 0.4) is 0 Å². The zero-order valence-corrected chi connectivity index (χ0v) is 17.0. The van der Waals surface area contributed by atoms with Crippen LogP contribution >= 0.6 is 0 Å². The second kappa shape index (κ2) is 6.37. The summed E-state index contributed by atoms with van der Waals surface area (Å²) in [5, 5.41) is 15.2. The van der Waals surface area contributed by atoms with Gasteiger partial charge in [0, 0.05) is 30.6 Å². The van der Waals surface area contributed by atoms with Crippen LogP contribution in [-0.2, 0) is 9.59 Å². The Hall–Kier alpha value is -2.77. The Bertz CT molecular complexity index is 917. The number of likely N-dealkylation sites (tertiary alicyclic amines) is 1. The van der Waals surface area contributed by atoms with Gasteiger partial charge in [-0.15, -0.1) is 0 Å². The lowest BCUT2D eigenvalue weighted by Gasteiger charge is -2.39. The zero-order valence-electron chi connectivity index (χ0n) is 17.0. The van der Waals surface area contributed by atoms with E-state index in [2.05, 4.69) is 10.5 Å². The molecule has 0 spiro atoms. The quantitative estimate of drug-likeness (QED) is 0.475. The van der Waals surface area contributed by atoms with Gasteiger partial charge in [-0.1, -0.05) is 20.8 Å². The number of nitro benzene ring substituents is 1. The fraction of sp³-hybridized carbons (Fsp3) is 0.571. The lowest BCUT2D eigenvalue weighted by atomic mass is 9.64. The number of nitrogens with one attached hydrogen (secondary N) is 1. The number of fused-ring (bicyclic) bond motifs is 2. The summed E-state index contributed by atoms with van der Waals surface area (Å²) in [4.78, 5) is 39.2. The molecule has 2 atom stereocenters. The lowest BCUT2D eigenvalue weighted by molar-refractivity contribution is -0.384. The van der Waals surface area contributed by atoms with Crippen molar-refractivity contribution in [2.75, 3.05) is 18.5 Å². The number of carbonyl (C=O) groups excluding carboxylic acids is 2. The highest BCUT2D eigenvalue weighted by atomic mass is 16.6. The first-order valence-electron chi connectivity index (χ1n) is 10.1. The summed E-state index contributed by atoms with van der Waals surface area (Å²) in [6.45, 7) is 7.48. The van der Waals surface area contributed by atoms with Gasteiger partial charge < -0.3 is 4.90 Å². The van der Waals surface area contributed by atoms with Gasteiger partial charge in [-0.05, 0) is 43.2 Å². The maximum atomic E-state index is 13.6. The van der Waals surface area contributed by atoms with E-state index in [0.29, 0.717) is 30.9 Å². The molecule has 1 aromatic carbocycles. The number of ketones is 1. The molecule has 4 rings (SSSR count). The SMILES string of the molecule is CC12CCC(C(=O)N3CCCC3)(C(=O)/C1=N\Nc1ccc([N+](=O)[O-])cc1)C2(C)C. The van der Waals surface area contributed by atoms with Crippen LogP contribution in [0, 0.1) is 26.4 Å². The molecule has 1 amide bonds. The highest BCUT2D eigenvalue weighted by molar-refractivity contribution is 6.50. The number of amides is 1. The van der Waals surface area contributed by atoms with Crippen molar-refractivity contribution >= 4 is 28.8 Å². The molecule has 2 bridgehead atoms.